The van der Waals surface area contributed by atoms with Crippen molar-refractivity contribution in [1.82, 2.24) is 14.8 Å². The number of carbonyl (C=O) groups is 2. The van der Waals surface area contributed by atoms with Crippen LogP contribution in [0.3, 0.4) is 0 Å². The van der Waals surface area contributed by atoms with Crippen molar-refractivity contribution in [2.45, 2.75) is 77.9 Å². The first-order valence-electron chi connectivity index (χ1n) is 11.0. The van der Waals surface area contributed by atoms with E-state index in [1.54, 1.807) is 11.3 Å². The summed E-state index contributed by atoms with van der Waals surface area (Å²) in [5.74, 6) is 0.946. The van der Waals surface area contributed by atoms with Gasteiger partial charge in [0.1, 0.15) is 11.2 Å². The first-order chi connectivity index (χ1) is 13.8. The van der Waals surface area contributed by atoms with Gasteiger partial charge < -0.3 is 14.8 Å². The number of hydrogen-bond donors (Lipinski definition) is 1. The molecule has 4 rings (SSSR count). The van der Waals surface area contributed by atoms with Gasteiger partial charge in [0, 0.05) is 12.6 Å². The van der Waals surface area contributed by atoms with Gasteiger partial charge in [0.15, 0.2) is 0 Å². The topological polar surface area (TPSA) is 54.3 Å². The summed E-state index contributed by atoms with van der Waals surface area (Å²) in [6.45, 7) is 9.63. The van der Waals surface area contributed by atoms with Gasteiger partial charge in [-0.25, -0.2) is 0 Å². The minimum Gasteiger partial charge on any atom is -0.351 e. The summed E-state index contributed by atoms with van der Waals surface area (Å²) in [4.78, 5) is 29.0. The van der Waals surface area contributed by atoms with Gasteiger partial charge in [-0.3, -0.25) is 9.59 Å². The van der Waals surface area contributed by atoms with Gasteiger partial charge in [-0.1, -0.05) is 33.6 Å². The Labute approximate surface area is 177 Å². The Hall–Kier alpha value is -1.82. The molecule has 2 aliphatic rings. The summed E-state index contributed by atoms with van der Waals surface area (Å²) >= 11 is 1.65. The zero-order chi connectivity index (χ0) is 20.8. The largest absolute Gasteiger partial charge is 0.351 e. The normalized spacial score (nSPS) is 27.5. The number of thiophene rings is 1. The summed E-state index contributed by atoms with van der Waals surface area (Å²) in [5, 5.41) is 5.39. The van der Waals surface area contributed by atoms with E-state index in [0.717, 1.165) is 29.5 Å². The van der Waals surface area contributed by atoms with Crippen molar-refractivity contribution in [2.24, 2.45) is 11.8 Å². The minimum atomic E-state index is -0.871. The number of aromatic nitrogens is 1. The van der Waals surface area contributed by atoms with Crippen LogP contribution in [0.4, 0.5) is 0 Å². The maximum absolute atomic E-state index is 13.6. The molecule has 5 nitrogen and oxygen atoms in total. The molecule has 1 aliphatic heterocycles. The van der Waals surface area contributed by atoms with Crippen molar-refractivity contribution in [2.75, 3.05) is 6.54 Å². The molecule has 1 saturated carbocycles. The maximum atomic E-state index is 13.6. The lowest BCUT2D eigenvalue weighted by Gasteiger charge is -2.45. The van der Waals surface area contributed by atoms with Crippen LogP contribution in [0.25, 0.3) is 10.2 Å². The highest BCUT2D eigenvalue weighted by Crippen LogP contribution is 2.35. The van der Waals surface area contributed by atoms with E-state index in [4.69, 9.17) is 0 Å². The van der Waals surface area contributed by atoms with Crippen molar-refractivity contribution >= 4 is 33.4 Å². The third-order valence-corrected chi connectivity index (χ3v) is 7.75. The molecule has 1 fully saturated rings. The molecule has 3 heterocycles. The molecule has 0 saturated heterocycles. The van der Waals surface area contributed by atoms with Crippen molar-refractivity contribution in [3.63, 3.8) is 0 Å². The van der Waals surface area contributed by atoms with Crippen molar-refractivity contribution < 1.29 is 9.59 Å². The number of hydrogen-bond acceptors (Lipinski definition) is 3. The lowest BCUT2D eigenvalue weighted by Crippen LogP contribution is -2.65. The summed E-state index contributed by atoms with van der Waals surface area (Å²) in [5.41, 5.74) is 0.906. The monoisotopic (exact) mass is 415 g/mol. The van der Waals surface area contributed by atoms with E-state index in [9.17, 15) is 9.59 Å². The van der Waals surface area contributed by atoms with Crippen LogP contribution >= 0.6 is 11.3 Å². The molecule has 0 aromatic carbocycles. The predicted molar refractivity (Wildman–Crippen MR) is 118 cm³/mol. The van der Waals surface area contributed by atoms with Crippen molar-refractivity contribution in [1.29, 1.82) is 0 Å². The van der Waals surface area contributed by atoms with Crippen molar-refractivity contribution in [3.05, 3.63) is 23.2 Å². The van der Waals surface area contributed by atoms with Gasteiger partial charge in [-0.2, -0.15) is 0 Å². The third-order valence-electron chi connectivity index (χ3n) is 6.90. The standard InChI is InChI=1S/C23H33N3O2S/c1-15(2)9-11-26-21(27)19-13-20-18(10-12-29-20)25(19)14-23(26,4)22(28)24-17-8-6-5-7-16(17)3/h10,12-13,15-17H,5-9,11,14H2,1-4H3,(H,24,28)/t16-,17-,23-/m1/s1. The third kappa shape index (κ3) is 3.60. The highest BCUT2D eigenvalue weighted by molar-refractivity contribution is 7.17. The number of amides is 2. The minimum absolute atomic E-state index is 0.00362. The molecule has 1 aliphatic carbocycles. The second-order valence-electron chi connectivity index (χ2n) is 9.54. The fourth-order valence-electron chi connectivity index (χ4n) is 4.86. The zero-order valence-corrected chi connectivity index (χ0v) is 18.8. The highest BCUT2D eigenvalue weighted by atomic mass is 32.1. The van der Waals surface area contributed by atoms with Crippen LogP contribution in [0.15, 0.2) is 17.5 Å². The number of nitrogens with one attached hydrogen (secondary N) is 1. The van der Waals surface area contributed by atoms with Crippen LogP contribution in [-0.4, -0.2) is 39.4 Å². The van der Waals surface area contributed by atoms with Gasteiger partial charge in [0.25, 0.3) is 5.91 Å². The Morgan fingerprint density at radius 2 is 2.10 bits per heavy atom. The van der Waals surface area contributed by atoms with Gasteiger partial charge in [-0.15, -0.1) is 11.3 Å². The van der Waals surface area contributed by atoms with E-state index in [1.807, 2.05) is 17.9 Å². The molecule has 158 valence electrons. The molecule has 2 aromatic rings. The average Bonchev–Trinajstić information content (AvgIpc) is 3.25. The molecule has 2 aromatic heterocycles. The Balaban J connectivity index is 1.68. The summed E-state index contributed by atoms with van der Waals surface area (Å²) in [6.07, 6.45) is 5.50. The highest BCUT2D eigenvalue weighted by Gasteiger charge is 2.48. The van der Waals surface area contributed by atoms with E-state index in [2.05, 4.69) is 42.1 Å². The van der Waals surface area contributed by atoms with E-state index in [1.165, 1.54) is 12.8 Å². The van der Waals surface area contributed by atoms with Crippen molar-refractivity contribution in [3.8, 4) is 0 Å². The lowest BCUT2D eigenvalue weighted by molar-refractivity contribution is -0.134. The maximum Gasteiger partial charge on any atom is 0.271 e. The molecule has 0 radical (unpaired) electrons. The molecule has 2 amide bonds. The smallest absolute Gasteiger partial charge is 0.271 e. The number of nitrogens with zero attached hydrogens (tertiary/aromatic N) is 2. The van der Waals surface area contributed by atoms with E-state index in [-0.39, 0.29) is 17.9 Å². The van der Waals surface area contributed by atoms with Crippen LogP contribution in [0.5, 0.6) is 0 Å². The first-order valence-corrected chi connectivity index (χ1v) is 11.9. The van der Waals surface area contributed by atoms with Crippen LogP contribution in [0, 0.1) is 11.8 Å². The fraction of sp³-hybridized carbons (Fsp3) is 0.652. The van der Waals surface area contributed by atoms with Crippen LogP contribution < -0.4 is 5.32 Å². The number of fused-ring (bicyclic) bond motifs is 3. The molecule has 29 heavy (non-hydrogen) atoms. The van der Waals surface area contributed by atoms with E-state index >= 15 is 0 Å². The molecule has 0 bridgehead atoms. The summed E-state index contributed by atoms with van der Waals surface area (Å²) in [6, 6.07) is 4.26. The molecule has 1 N–H and O–H groups in total. The van der Waals surface area contributed by atoms with Gasteiger partial charge in [0.05, 0.1) is 16.8 Å². The molecule has 3 atom stereocenters. The molecule has 0 spiro atoms. The second-order valence-corrected chi connectivity index (χ2v) is 10.5. The van der Waals surface area contributed by atoms with E-state index in [0.29, 0.717) is 30.6 Å². The summed E-state index contributed by atoms with van der Waals surface area (Å²) in [7, 11) is 0. The Bertz CT molecular complexity index is 915. The predicted octanol–water partition coefficient (Wildman–Crippen LogP) is 4.66. The van der Waals surface area contributed by atoms with Crippen LogP contribution in [-0.2, 0) is 11.3 Å². The molecular weight excluding hydrogens is 382 g/mol. The lowest BCUT2D eigenvalue weighted by atomic mass is 9.85. The van der Waals surface area contributed by atoms with Gasteiger partial charge in [-0.05, 0) is 55.5 Å². The zero-order valence-electron chi connectivity index (χ0n) is 18.0. The molecule has 0 unspecified atom stereocenters. The number of carbonyl (C=O) groups excluding carboxylic acids is 2. The fourth-order valence-corrected chi connectivity index (χ4v) is 5.69. The Morgan fingerprint density at radius 3 is 2.83 bits per heavy atom. The van der Waals surface area contributed by atoms with Crippen LogP contribution in [0.1, 0.15) is 70.3 Å². The first kappa shape index (κ1) is 20.5. The van der Waals surface area contributed by atoms with E-state index < -0.39 is 5.54 Å². The quantitative estimate of drug-likeness (QED) is 0.772. The second kappa shape index (κ2) is 7.78. The average molecular weight is 416 g/mol. The molecule has 6 heteroatoms. The van der Waals surface area contributed by atoms with Gasteiger partial charge in [0.2, 0.25) is 5.91 Å². The number of rotatable bonds is 5. The molecular formula is C23H33N3O2S. The van der Waals surface area contributed by atoms with Crippen LogP contribution in [0.2, 0.25) is 0 Å². The SMILES string of the molecule is CC(C)CCN1C(=O)c2cc3sccc3n2C[C@]1(C)C(=O)N[C@@H]1CCCC[C@H]1C. The van der Waals surface area contributed by atoms with Gasteiger partial charge >= 0.3 is 0 Å². The Kier molecular flexibility index (Phi) is 5.49. The Morgan fingerprint density at radius 1 is 1.34 bits per heavy atom. The summed E-state index contributed by atoms with van der Waals surface area (Å²) < 4.78 is 3.17.